The summed E-state index contributed by atoms with van der Waals surface area (Å²) in [5.74, 6) is 3.88. The number of rotatable bonds is 12. The zero-order valence-corrected chi connectivity index (χ0v) is 19.0. The molecule has 0 bridgehead atoms. The third kappa shape index (κ3) is 10.6. The second-order valence-corrected chi connectivity index (χ2v) is 7.18. The Balaban J connectivity index is 1.74. The molecule has 0 aliphatic heterocycles. The topological polar surface area (TPSA) is 168 Å². The molecule has 2 rings (SSSR count). The highest BCUT2D eigenvalue weighted by atomic mass is 19.4. The highest BCUT2D eigenvalue weighted by molar-refractivity contribution is 6.60. The third-order valence-corrected chi connectivity index (χ3v) is 4.37. The van der Waals surface area contributed by atoms with Gasteiger partial charge in [0.25, 0.3) is 5.91 Å². The molecular weight excluding hydrogens is 481 g/mol. The largest absolute Gasteiger partial charge is 0.573 e. The molecule has 1 heterocycles. The number of carbonyl (C=O) groups is 2. The lowest BCUT2D eigenvalue weighted by atomic mass is 10.1. The summed E-state index contributed by atoms with van der Waals surface area (Å²) >= 11 is 0. The second kappa shape index (κ2) is 14.0. The maximum atomic E-state index is 12.3. The minimum atomic E-state index is -4.81. The van der Waals surface area contributed by atoms with Gasteiger partial charge in [-0.3, -0.25) is 14.6 Å². The van der Waals surface area contributed by atoms with Crippen LogP contribution in [0.2, 0.25) is 0 Å². The number of aryl methyl sites for hydroxylation is 1. The van der Waals surface area contributed by atoms with Crippen molar-refractivity contribution in [2.45, 2.75) is 32.0 Å². The van der Waals surface area contributed by atoms with Crippen LogP contribution in [0.5, 0.6) is 5.75 Å². The Bertz CT molecular complexity index is 1130. The molecular formula is C22H23F3N8O3. The van der Waals surface area contributed by atoms with Crippen LogP contribution in [0.1, 0.15) is 24.1 Å². The third-order valence-electron chi connectivity index (χ3n) is 4.37. The van der Waals surface area contributed by atoms with Crippen molar-refractivity contribution >= 4 is 29.6 Å². The summed E-state index contributed by atoms with van der Waals surface area (Å²) in [4.78, 5) is 27.9. The lowest BCUT2D eigenvalue weighted by molar-refractivity contribution is -0.274. The summed E-state index contributed by atoms with van der Waals surface area (Å²) in [7, 11) is 0. The number of carbonyl (C=O) groups excluding carboxylic acids is 2. The van der Waals surface area contributed by atoms with Gasteiger partial charge in [-0.15, -0.1) is 18.3 Å². The van der Waals surface area contributed by atoms with Gasteiger partial charge in [-0.05, 0) is 49.1 Å². The minimum Gasteiger partial charge on any atom is -0.406 e. The maximum absolute atomic E-state index is 12.3. The van der Waals surface area contributed by atoms with Gasteiger partial charge in [0.05, 0.1) is 24.4 Å². The van der Waals surface area contributed by atoms with E-state index in [1.54, 1.807) is 18.2 Å². The highest BCUT2D eigenvalue weighted by Gasteiger charge is 2.31. The van der Waals surface area contributed by atoms with Gasteiger partial charge in [0, 0.05) is 6.54 Å². The summed E-state index contributed by atoms with van der Waals surface area (Å²) < 4.78 is 40.9. The van der Waals surface area contributed by atoms with Crippen molar-refractivity contribution < 1.29 is 27.5 Å². The molecule has 4 N–H and O–H groups in total. The van der Waals surface area contributed by atoms with Crippen LogP contribution in [0.25, 0.3) is 0 Å². The van der Waals surface area contributed by atoms with Crippen LogP contribution in [0.3, 0.4) is 0 Å². The number of aliphatic imine (C=N–C) groups is 1. The van der Waals surface area contributed by atoms with Crippen LogP contribution in [0, 0.1) is 11.3 Å². The van der Waals surface area contributed by atoms with E-state index in [4.69, 9.17) is 11.1 Å². The van der Waals surface area contributed by atoms with Gasteiger partial charge in [0.15, 0.2) is 11.5 Å². The fraction of sp³-hybridized carbons (Fsp3) is 0.318. The quantitative estimate of drug-likeness (QED) is 0.130. The Kier molecular flexibility index (Phi) is 10.8. The lowest BCUT2D eigenvalue weighted by Crippen LogP contribution is -2.32. The number of benzene rings is 1. The minimum absolute atomic E-state index is 0.0869. The standard InChI is InChI=1S/C22H23F3N8O3/c23-22(24,25)36-17-6-3-4-15(12-17)13-20(34)30-19-8-7-16(32-33-19)5-1-2-10-28-14-18(31-27)21(35)29-11-9-26/h3-4,6-8,12,14H,1-2,5,10-11,13,27H2,(H,29,35)(H,30,33,34). The molecule has 190 valence electrons. The van der Waals surface area contributed by atoms with Crippen molar-refractivity contribution in [3.05, 3.63) is 47.7 Å². The van der Waals surface area contributed by atoms with E-state index < -0.39 is 23.9 Å². The Morgan fingerprint density at radius 3 is 2.67 bits per heavy atom. The summed E-state index contributed by atoms with van der Waals surface area (Å²) in [6, 6.07) is 10.2. The summed E-state index contributed by atoms with van der Waals surface area (Å²) in [6.07, 6.45) is -1.73. The maximum Gasteiger partial charge on any atom is 0.573 e. The van der Waals surface area contributed by atoms with Gasteiger partial charge in [-0.25, -0.2) is 0 Å². The number of hydrogen-bond donors (Lipinski definition) is 3. The van der Waals surface area contributed by atoms with Gasteiger partial charge in [0.1, 0.15) is 12.3 Å². The van der Waals surface area contributed by atoms with E-state index in [1.165, 1.54) is 18.3 Å². The van der Waals surface area contributed by atoms with Crippen molar-refractivity contribution in [3.63, 3.8) is 0 Å². The summed E-state index contributed by atoms with van der Waals surface area (Å²) in [5.41, 5.74) is 0.944. The van der Waals surface area contributed by atoms with Crippen molar-refractivity contribution in [1.29, 1.82) is 5.26 Å². The molecule has 36 heavy (non-hydrogen) atoms. The van der Waals surface area contributed by atoms with Crippen LogP contribution in [0.15, 0.2) is 46.5 Å². The van der Waals surface area contributed by atoms with Crippen LogP contribution in [-0.2, 0) is 22.4 Å². The molecule has 0 saturated heterocycles. The molecule has 14 heteroatoms. The van der Waals surface area contributed by atoms with Gasteiger partial charge < -0.3 is 21.2 Å². The van der Waals surface area contributed by atoms with Crippen molar-refractivity contribution in [2.24, 2.45) is 15.9 Å². The Labute approximate surface area is 204 Å². The van der Waals surface area contributed by atoms with Gasteiger partial charge in [-0.2, -0.15) is 15.5 Å². The highest BCUT2D eigenvalue weighted by Crippen LogP contribution is 2.23. The first-order valence-corrected chi connectivity index (χ1v) is 10.6. The molecule has 1 aromatic carbocycles. The van der Waals surface area contributed by atoms with E-state index in [1.807, 2.05) is 0 Å². The number of unbranched alkanes of at least 4 members (excludes halogenated alkanes) is 1. The number of hydrogen-bond acceptors (Lipinski definition) is 9. The number of hydrazone groups is 1. The molecule has 2 amide bonds. The average Bonchev–Trinajstić information content (AvgIpc) is 2.82. The van der Waals surface area contributed by atoms with Crippen LogP contribution >= 0.6 is 0 Å². The fourth-order valence-corrected chi connectivity index (χ4v) is 2.81. The molecule has 11 nitrogen and oxygen atoms in total. The first kappa shape index (κ1) is 27.7. The summed E-state index contributed by atoms with van der Waals surface area (Å²) in [5, 5.41) is 24.6. The molecule has 0 unspecified atom stereocenters. The van der Waals surface area contributed by atoms with Crippen LogP contribution < -0.4 is 21.2 Å². The molecule has 2 aromatic rings. The number of nitrogens with zero attached hydrogens (tertiary/aromatic N) is 5. The second-order valence-electron chi connectivity index (χ2n) is 7.18. The molecule has 0 spiro atoms. The zero-order chi connectivity index (χ0) is 26.4. The first-order chi connectivity index (χ1) is 17.2. The lowest BCUT2D eigenvalue weighted by Gasteiger charge is -2.10. The van der Waals surface area contributed by atoms with Crippen LogP contribution in [-0.4, -0.2) is 53.4 Å². The van der Waals surface area contributed by atoms with E-state index in [0.29, 0.717) is 30.6 Å². The monoisotopic (exact) mass is 504 g/mol. The summed E-state index contributed by atoms with van der Waals surface area (Å²) in [6.45, 7) is 0.255. The number of amides is 2. The normalized spacial score (nSPS) is 11.7. The predicted molar refractivity (Wildman–Crippen MR) is 124 cm³/mol. The molecule has 0 saturated carbocycles. The van der Waals surface area contributed by atoms with Crippen molar-refractivity contribution in [2.75, 3.05) is 18.4 Å². The van der Waals surface area contributed by atoms with E-state index in [9.17, 15) is 22.8 Å². The number of nitriles is 1. The molecule has 0 radical (unpaired) electrons. The number of nitrogens with two attached hydrogens (primary N) is 1. The smallest absolute Gasteiger partial charge is 0.406 e. The van der Waals surface area contributed by atoms with Gasteiger partial charge in [0.2, 0.25) is 5.91 Å². The predicted octanol–water partition coefficient (Wildman–Crippen LogP) is 1.90. The molecule has 0 aliphatic rings. The Hall–Kier alpha value is -4.54. The van der Waals surface area contributed by atoms with E-state index >= 15 is 0 Å². The van der Waals surface area contributed by atoms with Crippen LogP contribution in [0.4, 0.5) is 19.0 Å². The fourth-order valence-electron chi connectivity index (χ4n) is 2.81. The van der Waals surface area contributed by atoms with Gasteiger partial charge >= 0.3 is 6.36 Å². The number of ether oxygens (including phenoxy) is 1. The number of nitrogens with one attached hydrogen (secondary N) is 2. The number of alkyl halides is 3. The number of anilines is 1. The molecule has 0 atom stereocenters. The Morgan fingerprint density at radius 2 is 2.00 bits per heavy atom. The number of aromatic nitrogens is 2. The first-order valence-electron chi connectivity index (χ1n) is 10.6. The van der Waals surface area contributed by atoms with E-state index in [-0.39, 0.29) is 24.5 Å². The number of halogens is 3. The SMILES string of the molecule is N#CCNC(=O)C(C=NCCCCc1ccc(NC(=O)Cc2cccc(OC(F)(F)F)c2)nn1)=NN. The molecule has 0 fully saturated rings. The zero-order valence-electron chi connectivity index (χ0n) is 19.0. The Morgan fingerprint density at radius 1 is 1.19 bits per heavy atom. The van der Waals surface area contributed by atoms with E-state index in [0.717, 1.165) is 18.6 Å². The van der Waals surface area contributed by atoms with Crippen molar-refractivity contribution in [3.8, 4) is 11.8 Å². The van der Waals surface area contributed by atoms with E-state index in [2.05, 4.69) is 35.7 Å². The van der Waals surface area contributed by atoms with Crippen molar-refractivity contribution in [1.82, 2.24) is 15.5 Å². The van der Waals surface area contributed by atoms with Gasteiger partial charge in [-0.1, -0.05) is 12.1 Å². The molecule has 0 aliphatic carbocycles. The average molecular weight is 504 g/mol. The molecule has 1 aromatic heterocycles.